The Labute approximate surface area is 129 Å². The first-order valence-electron chi connectivity index (χ1n) is 6.99. The molecular formula is C15H21ClF2N2O. The average Bonchev–Trinajstić information content (AvgIpc) is 2.38. The van der Waals surface area contributed by atoms with Gasteiger partial charge in [-0.25, -0.2) is 8.78 Å². The molecule has 0 heterocycles. The van der Waals surface area contributed by atoms with Crippen molar-refractivity contribution in [1.82, 2.24) is 5.32 Å². The number of halogens is 3. The third-order valence-electron chi connectivity index (χ3n) is 3.88. The Morgan fingerprint density at radius 3 is 2.52 bits per heavy atom. The number of carbonyl (C=O) groups is 1. The summed E-state index contributed by atoms with van der Waals surface area (Å²) in [5.41, 5.74) is 5.76. The van der Waals surface area contributed by atoms with Crippen molar-refractivity contribution >= 4 is 18.3 Å². The van der Waals surface area contributed by atoms with Crippen molar-refractivity contribution < 1.29 is 13.6 Å². The molecule has 1 aromatic carbocycles. The van der Waals surface area contributed by atoms with E-state index in [1.807, 2.05) is 0 Å². The number of amides is 1. The van der Waals surface area contributed by atoms with E-state index in [0.29, 0.717) is 6.42 Å². The van der Waals surface area contributed by atoms with Crippen molar-refractivity contribution in [3.05, 3.63) is 35.4 Å². The van der Waals surface area contributed by atoms with E-state index in [1.54, 1.807) is 6.92 Å². The molecule has 0 aliphatic heterocycles. The number of rotatable bonds is 3. The van der Waals surface area contributed by atoms with Crippen molar-refractivity contribution in [2.45, 2.75) is 44.7 Å². The number of nitrogens with one attached hydrogen (secondary N) is 1. The van der Waals surface area contributed by atoms with E-state index in [2.05, 4.69) is 5.32 Å². The second-order valence-electron chi connectivity index (χ2n) is 5.49. The van der Waals surface area contributed by atoms with Gasteiger partial charge in [-0.2, -0.15) is 0 Å². The van der Waals surface area contributed by atoms with E-state index in [1.165, 1.54) is 18.2 Å². The maximum Gasteiger partial charge on any atom is 0.223 e. The number of benzene rings is 1. The zero-order valence-electron chi connectivity index (χ0n) is 11.9. The molecule has 3 unspecified atom stereocenters. The summed E-state index contributed by atoms with van der Waals surface area (Å²) in [6.45, 7) is 1.59. The molecule has 1 aromatic rings. The van der Waals surface area contributed by atoms with Crippen LogP contribution in [0.25, 0.3) is 0 Å². The fourth-order valence-corrected chi connectivity index (χ4v) is 2.79. The second kappa shape index (κ2) is 7.71. The van der Waals surface area contributed by atoms with Crippen molar-refractivity contribution in [1.29, 1.82) is 0 Å². The summed E-state index contributed by atoms with van der Waals surface area (Å²) >= 11 is 0. The smallest absolute Gasteiger partial charge is 0.223 e. The first-order chi connectivity index (χ1) is 9.49. The second-order valence-corrected chi connectivity index (χ2v) is 5.49. The average molecular weight is 319 g/mol. The Bertz CT molecular complexity index is 478. The molecular weight excluding hydrogens is 298 g/mol. The molecule has 0 saturated heterocycles. The predicted molar refractivity (Wildman–Crippen MR) is 80.1 cm³/mol. The lowest BCUT2D eigenvalue weighted by Crippen LogP contribution is -2.39. The molecule has 1 fully saturated rings. The number of carbonyl (C=O) groups excluding carboxylic acids is 1. The lowest BCUT2D eigenvalue weighted by atomic mass is 9.85. The Morgan fingerprint density at radius 2 is 1.95 bits per heavy atom. The molecule has 3 atom stereocenters. The molecule has 0 radical (unpaired) electrons. The van der Waals surface area contributed by atoms with Crippen LogP contribution >= 0.6 is 12.4 Å². The molecule has 6 heteroatoms. The summed E-state index contributed by atoms with van der Waals surface area (Å²) in [4.78, 5) is 12.1. The topological polar surface area (TPSA) is 55.1 Å². The normalized spacial score (nSPS) is 23.0. The predicted octanol–water partition coefficient (Wildman–Crippen LogP) is 3.08. The highest BCUT2D eigenvalue weighted by Crippen LogP contribution is 2.25. The van der Waals surface area contributed by atoms with Gasteiger partial charge in [0.05, 0.1) is 6.04 Å². The quantitative estimate of drug-likeness (QED) is 0.900. The Kier molecular flexibility index (Phi) is 6.55. The molecule has 2 rings (SSSR count). The number of hydrogen-bond donors (Lipinski definition) is 2. The Morgan fingerprint density at radius 1 is 1.33 bits per heavy atom. The highest BCUT2D eigenvalue weighted by Gasteiger charge is 2.27. The van der Waals surface area contributed by atoms with Gasteiger partial charge >= 0.3 is 0 Å². The van der Waals surface area contributed by atoms with E-state index in [4.69, 9.17) is 5.73 Å². The van der Waals surface area contributed by atoms with Crippen molar-refractivity contribution in [3.63, 3.8) is 0 Å². The monoisotopic (exact) mass is 318 g/mol. The molecule has 3 N–H and O–H groups in total. The minimum atomic E-state index is -0.693. The zero-order chi connectivity index (χ0) is 14.7. The molecule has 1 saturated carbocycles. The first kappa shape index (κ1) is 17.9. The Hall–Kier alpha value is -1.20. The van der Waals surface area contributed by atoms with Gasteiger partial charge in [-0.05, 0) is 38.3 Å². The first-order valence-corrected chi connectivity index (χ1v) is 6.99. The van der Waals surface area contributed by atoms with E-state index in [0.717, 1.165) is 19.3 Å². The summed E-state index contributed by atoms with van der Waals surface area (Å²) in [7, 11) is 0. The van der Waals surface area contributed by atoms with Crippen LogP contribution in [-0.4, -0.2) is 11.9 Å². The SMILES string of the molecule is CC(NC(=O)C1CCCC(N)C1)c1c(F)cccc1F.Cl. The van der Waals surface area contributed by atoms with Gasteiger partial charge in [0.1, 0.15) is 11.6 Å². The lowest BCUT2D eigenvalue weighted by molar-refractivity contribution is -0.126. The standard InChI is InChI=1S/C15H20F2N2O.ClH/c1-9(14-12(16)6-3-7-13(14)17)19-15(20)10-4-2-5-11(18)8-10;/h3,6-7,9-11H,2,4-5,8,18H2,1H3,(H,19,20);1H. The van der Waals surface area contributed by atoms with Crippen LogP contribution in [0.4, 0.5) is 8.78 Å². The minimum absolute atomic E-state index is 0. The molecule has 0 spiro atoms. The number of nitrogens with two attached hydrogens (primary N) is 1. The molecule has 1 aliphatic rings. The third kappa shape index (κ3) is 4.38. The largest absolute Gasteiger partial charge is 0.349 e. The highest BCUT2D eigenvalue weighted by atomic mass is 35.5. The van der Waals surface area contributed by atoms with Gasteiger partial charge in [-0.1, -0.05) is 12.5 Å². The maximum atomic E-state index is 13.6. The third-order valence-corrected chi connectivity index (χ3v) is 3.88. The van der Waals surface area contributed by atoms with Gasteiger partial charge in [0.2, 0.25) is 5.91 Å². The zero-order valence-corrected chi connectivity index (χ0v) is 12.8. The van der Waals surface area contributed by atoms with Gasteiger partial charge in [-0.3, -0.25) is 4.79 Å². The van der Waals surface area contributed by atoms with E-state index in [9.17, 15) is 13.6 Å². The van der Waals surface area contributed by atoms with Gasteiger partial charge in [-0.15, -0.1) is 12.4 Å². The molecule has 1 amide bonds. The summed E-state index contributed by atoms with van der Waals surface area (Å²) < 4.78 is 27.3. The van der Waals surface area contributed by atoms with Crippen molar-refractivity contribution in [2.75, 3.05) is 0 Å². The summed E-state index contributed by atoms with van der Waals surface area (Å²) in [6.07, 6.45) is 3.27. The highest BCUT2D eigenvalue weighted by molar-refractivity contribution is 5.85. The van der Waals surface area contributed by atoms with Crippen LogP contribution in [0.1, 0.15) is 44.2 Å². The van der Waals surface area contributed by atoms with Crippen LogP contribution in [0.15, 0.2) is 18.2 Å². The van der Waals surface area contributed by atoms with E-state index >= 15 is 0 Å². The molecule has 1 aliphatic carbocycles. The van der Waals surface area contributed by atoms with Crippen molar-refractivity contribution in [3.8, 4) is 0 Å². The van der Waals surface area contributed by atoms with E-state index in [-0.39, 0.29) is 35.8 Å². The van der Waals surface area contributed by atoms with Crippen LogP contribution in [0.2, 0.25) is 0 Å². The summed E-state index contributed by atoms with van der Waals surface area (Å²) in [5, 5.41) is 2.69. The lowest BCUT2D eigenvalue weighted by Gasteiger charge is -2.27. The van der Waals surface area contributed by atoms with Crippen molar-refractivity contribution in [2.24, 2.45) is 11.7 Å². The van der Waals surface area contributed by atoms with Gasteiger partial charge < -0.3 is 11.1 Å². The van der Waals surface area contributed by atoms with Gasteiger partial charge in [0.15, 0.2) is 0 Å². The maximum absolute atomic E-state index is 13.6. The molecule has 118 valence electrons. The fraction of sp³-hybridized carbons (Fsp3) is 0.533. The van der Waals surface area contributed by atoms with Crippen LogP contribution < -0.4 is 11.1 Å². The molecule has 3 nitrogen and oxygen atoms in total. The molecule has 0 aromatic heterocycles. The van der Waals surface area contributed by atoms with Gasteiger partial charge in [0.25, 0.3) is 0 Å². The van der Waals surface area contributed by atoms with Crippen LogP contribution in [0.3, 0.4) is 0 Å². The number of hydrogen-bond acceptors (Lipinski definition) is 2. The van der Waals surface area contributed by atoms with Crippen LogP contribution in [-0.2, 0) is 4.79 Å². The summed E-state index contributed by atoms with van der Waals surface area (Å²) in [6, 6.07) is 3.04. The molecule has 0 bridgehead atoms. The summed E-state index contributed by atoms with van der Waals surface area (Å²) in [5.74, 6) is -1.61. The Balaban J connectivity index is 0.00000220. The molecule has 21 heavy (non-hydrogen) atoms. The van der Waals surface area contributed by atoms with Crippen LogP contribution in [0, 0.1) is 17.6 Å². The van der Waals surface area contributed by atoms with E-state index < -0.39 is 17.7 Å². The van der Waals surface area contributed by atoms with Gasteiger partial charge in [0, 0.05) is 17.5 Å². The minimum Gasteiger partial charge on any atom is -0.349 e. The fourth-order valence-electron chi connectivity index (χ4n) is 2.79. The van der Waals surface area contributed by atoms with Crippen LogP contribution in [0.5, 0.6) is 0 Å².